The highest BCUT2D eigenvalue weighted by atomic mass is 32.1. The molecule has 0 bridgehead atoms. The van der Waals surface area contributed by atoms with Crippen LogP contribution in [0.25, 0.3) is 0 Å². The van der Waals surface area contributed by atoms with Gasteiger partial charge in [0.1, 0.15) is 5.82 Å². The van der Waals surface area contributed by atoms with Gasteiger partial charge in [-0.2, -0.15) is 4.37 Å². The SMILES string of the molecule is c1csc(CCNc2nc(C3CC3)ns2)c1. The Morgan fingerprint density at radius 2 is 2.38 bits per heavy atom. The lowest BCUT2D eigenvalue weighted by Gasteiger charge is -1.99. The molecule has 5 heteroatoms. The van der Waals surface area contributed by atoms with E-state index in [1.807, 2.05) is 0 Å². The van der Waals surface area contributed by atoms with Gasteiger partial charge in [0, 0.05) is 28.9 Å². The first-order valence-electron chi connectivity index (χ1n) is 5.51. The molecule has 0 spiro atoms. The Morgan fingerprint density at radius 3 is 3.12 bits per heavy atom. The number of hydrogen-bond donors (Lipinski definition) is 1. The van der Waals surface area contributed by atoms with E-state index in [-0.39, 0.29) is 0 Å². The quantitative estimate of drug-likeness (QED) is 0.887. The summed E-state index contributed by atoms with van der Waals surface area (Å²) in [7, 11) is 0. The molecular formula is C11H13N3S2. The monoisotopic (exact) mass is 251 g/mol. The number of aromatic nitrogens is 2. The highest BCUT2D eigenvalue weighted by Crippen LogP contribution is 2.39. The Balaban J connectivity index is 1.50. The summed E-state index contributed by atoms with van der Waals surface area (Å²) in [6.07, 6.45) is 3.60. The highest BCUT2D eigenvalue weighted by molar-refractivity contribution is 7.10. The van der Waals surface area contributed by atoms with E-state index in [4.69, 9.17) is 0 Å². The van der Waals surface area contributed by atoms with Gasteiger partial charge in [-0.3, -0.25) is 0 Å². The van der Waals surface area contributed by atoms with E-state index in [0.29, 0.717) is 5.92 Å². The normalized spacial score (nSPS) is 15.2. The Hall–Kier alpha value is -0.940. The van der Waals surface area contributed by atoms with E-state index < -0.39 is 0 Å². The highest BCUT2D eigenvalue weighted by Gasteiger charge is 2.27. The molecule has 1 N–H and O–H groups in total. The van der Waals surface area contributed by atoms with Crippen LogP contribution in [0.15, 0.2) is 17.5 Å². The molecule has 0 aromatic carbocycles. The number of nitrogens with one attached hydrogen (secondary N) is 1. The molecule has 2 aromatic heterocycles. The summed E-state index contributed by atoms with van der Waals surface area (Å²) in [6.45, 7) is 0.944. The van der Waals surface area contributed by atoms with Crippen molar-refractivity contribution in [3.63, 3.8) is 0 Å². The molecule has 2 aromatic rings. The van der Waals surface area contributed by atoms with E-state index in [1.165, 1.54) is 29.3 Å². The first kappa shape index (κ1) is 10.2. The van der Waals surface area contributed by atoms with Crippen LogP contribution in [0.4, 0.5) is 5.13 Å². The average molecular weight is 251 g/mol. The Morgan fingerprint density at radius 1 is 1.44 bits per heavy atom. The van der Waals surface area contributed by atoms with Gasteiger partial charge in [0.15, 0.2) is 0 Å². The predicted molar refractivity (Wildman–Crippen MR) is 68.4 cm³/mol. The van der Waals surface area contributed by atoms with Gasteiger partial charge in [0.2, 0.25) is 5.13 Å². The minimum atomic E-state index is 0.657. The first-order valence-corrected chi connectivity index (χ1v) is 7.17. The number of thiophene rings is 1. The molecule has 84 valence electrons. The van der Waals surface area contributed by atoms with E-state index in [1.54, 1.807) is 11.3 Å². The van der Waals surface area contributed by atoms with Crippen LogP contribution in [0.2, 0.25) is 0 Å². The fourth-order valence-electron chi connectivity index (χ4n) is 1.56. The summed E-state index contributed by atoms with van der Waals surface area (Å²) in [5.41, 5.74) is 0. The summed E-state index contributed by atoms with van der Waals surface area (Å²) >= 11 is 3.29. The first-order chi connectivity index (χ1) is 7.92. The zero-order valence-electron chi connectivity index (χ0n) is 8.85. The summed E-state index contributed by atoms with van der Waals surface area (Å²) in [5.74, 6) is 1.70. The number of hydrogen-bond acceptors (Lipinski definition) is 5. The Kier molecular flexibility index (Phi) is 2.88. The van der Waals surface area contributed by atoms with Gasteiger partial charge in [0.25, 0.3) is 0 Å². The standard InChI is InChI=1S/C11H13N3S2/c1-2-9(15-7-1)5-6-12-11-13-10(14-16-11)8-3-4-8/h1-2,7-8H,3-6H2,(H,12,13,14). The van der Waals surface area contributed by atoms with Crippen molar-refractivity contribution in [1.82, 2.24) is 9.36 Å². The molecule has 1 aliphatic rings. The fraction of sp³-hybridized carbons (Fsp3) is 0.455. The maximum absolute atomic E-state index is 4.49. The lowest BCUT2D eigenvalue weighted by Crippen LogP contribution is -2.03. The molecule has 0 amide bonds. The van der Waals surface area contributed by atoms with Crippen LogP contribution < -0.4 is 5.32 Å². The van der Waals surface area contributed by atoms with Gasteiger partial charge in [0.05, 0.1) is 0 Å². The summed E-state index contributed by atoms with van der Waals surface area (Å²) < 4.78 is 4.36. The second-order valence-electron chi connectivity index (χ2n) is 3.99. The third-order valence-electron chi connectivity index (χ3n) is 2.61. The van der Waals surface area contributed by atoms with Crippen molar-refractivity contribution in [2.75, 3.05) is 11.9 Å². The molecule has 3 nitrogen and oxygen atoms in total. The van der Waals surface area contributed by atoms with E-state index in [0.717, 1.165) is 23.9 Å². The molecule has 0 radical (unpaired) electrons. The number of rotatable bonds is 5. The van der Waals surface area contributed by atoms with E-state index in [9.17, 15) is 0 Å². The van der Waals surface area contributed by atoms with Gasteiger partial charge in [-0.25, -0.2) is 4.98 Å². The van der Waals surface area contributed by atoms with Crippen molar-refractivity contribution in [2.45, 2.75) is 25.2 Å². The molecule has 3 rings (SSSR count). The average Bonchev–Trinajstić information content (AvgIpc) is 2.83. The van der Waals surface area contributed by atoms with Crippen molar-refractivity contribution < 1.29 is 0 Å². The van der Waals surface area contributed by atoms with Crippen molar-refractivity contribution in [3.8, 4) is 0 Å². The van der Waals surface area contributed by atoms with Crippen LogP contribution >= 0.6 is 22.9 Å². The lowest BCUT2D eigenvalue weighted by molar-refractivity contribution is 0.973. The summed E-state index contributed by atoms with van der Waals surface area (Å²) in [4.78, 5) is 5.91. The van der Waals surface area contributed by atoms with Crippen LogP contribution in [0.1, 0.15) is 29.5 Å². The van der Waals surface area contributed by atoms with Crippen LogP contribution in [0.5, 0.6) is 0 Å². The molecular weight excluding hydrogens is 238 g/mol. The van der Waals surface area contributed by atoms with Crippen LogP contribution in [0, 0.1) is 0 Å². The second kappa shape index (κ2) is 4.51. The van der Waals surface area contributed by atoms with Crippen LogP contribution in [-0.2, 0) is 6.42 Å². The zero-order chi connectivity index (χ0) is 10.8. The van der Waals surface area contributed by atoms with E-state index >= 15 is 0 Å². The molecule has 1 saturated carbocycles. The van der Waals surface area contributed by atoms with Crippen molar-refractivity contribution >= 4 is 28.0 Å². The van der Waals surface area contributed by atoms with Gasteiger partial charge in [-0.15, -0.1) is 11.3 Å². The van der Waals surface area contributed by atoms with Gasteiger partial charge >= 0.3 is 0 Å². The summed E-state index contributed by atoms with van der Waals surface area (Å²) in [5, 5.41) is 6.42. The van der Waals surface area contributed by atoms with E-state index in [2.05, 4.69) is 32.2 Å². The number of nitrogens with zero attached hydrogens (tertiary/aromatic N) is 2. The molecule has 0 unspecified atom stereocenters. The summed E-state index contributed by atoms with van der Waals surface area (Å²) in [6, 6.07) is 4.26. The van der Waals surface area contributed by atoms with Crippen LogP contribution in [-0.4, -0.2) is 15.9 Å². The minimum absolute atomic E-state index is 0.657. The van der Waals surface area contributed by atoms with Gasteiger partial charge in [-0.1, -0.05) is 6.07 Å². The van der Waals surface area contributed by atoms with Crippen LogP contribution in [0.3, 0.4) is 0 Å². The molecule has 0 atom stereocenters. The fourth-order valence-corrected chi connectivity index (χ4v) is 2.94. The number of anilines is 1. The molecule has 0 saturated heterocycles. The zero-order valence-corrected chi connectivity index (χ0v) is 10.5. The topological polar surface area (TPSA) is 37.8 Å². The Bertz CT molecular complexity index is 446. The van der Waals surface area contributed by atoms with Gasteiger partial charge in [-0.05, 0) is 30.7 Å². The molecule has 0 aliphatic heterocycles. The maximum Gasteiger partial charge on any atom is 0.202 e. The Labute approximate surface area is 103 Å². The minimum Gasteiger partial charge on any atom is -0.360 e. The predicted octanol–water partition coefficient (Wildman–Crippen LogP) is 3.13. The largest absolute Gasteiger partial charge is 0.360 e. The third kappa shape index (κ3) is 2.41. The van der Waals surface area contributed by atoms with Crippen molar-refractivity contribution in [1.29, 1.82) is 0 Å². The lowest BCUT2D eigenvalue weighted by atomic mass is 10.3. The molecule has 1 aliphatic carbocycles. The third-order valence-corrected chi connectivity index (χ3v) is 4.24. The van der Waals surface area contributed by atoms with Gasteiger partial charge < -0.3 is 5.32 Å². The van der Waals surface area contributed by atoms with Crippen molar-refractivity contribution in [3.05, 3.63) is 28.2 Å². The molecule has 1 fully saturated rings. The van der Waals surface area contributed by atoms with Crippen molar-refractivity contribution in [2.24, 2.45) is 0 Å². The molecule has 2 heterocycles. The maximum atomic E-state index is 4.49. The second-order valence-corrected chi connectivity index (χ2v) is 5.77. The smallest absolute Gasteiger partial charge is 0.202 e. The molecule has 16 heavy (non-hydrogen) atoms.